The monoisotopic (exact) mass is 261 g/mol. The van der Waals surface area contributed by atoms with Crippen molar-refractivity contribution >= 4 is 5.91 Å². The summed E-state index contributed by atoms with van der Waals surface area (Å²) in [7, 11) is 1.88. The lowest BCUT2D eigenvalue weighted by atomic mass is 10.2. The first kappa shape index (κ1) is 12.3. The molecule has 1 amide bonds. The van der Waals surface area contributed by atoms with Gasteiger partial charge < -0.3 is 14.4 Å². The molecule has 0 N–H and O–H groups in total. The van der Waals surface area contributed by atoms with E-state index in [1.807, 2.05) is 36.2 Å². The molecular formula is C15H19NO3. The number of hydrogen-bond acceptors (Lipinski definition) is 3. The molecule has 0 radical (unpaired) electrons. The van der Waals surface area contributed by atoms with Crippen molar-refractivity contribution in [2.24, 2.45) is 0 Å². The van der Waals surface area contributed by atoms with Crippen LogP contribution in [0, 0.1) is 0 Å². The Morgan fingerprint density at radius 1 is 1.21 bits per heavy atom. The summed E-state index contributed by atoms with van der Waals surface area (Å²) in [5.41, 5.74) is 0. The van der Waals surface area contributed by atoms with Crippen LogP contribution >= 0.6 is 0 Å². The third-order valence-corrected chi connectivity index (χ3v) is 4.00. The molecular weight excluding hydrogens is 242 g/mol. The first-order valence-electron chi connectivity index (χ1n) is 6.91. The summed E-state index contributed by atoms with van der Waals surface area (Å²) in [5.74, 6) is 1.41. The van der Waals surface area contributed by atoms with Crippen LogP contribution in [0.5, 0.6) is 11.5 Å². The summed E-state index contributed by atoms with van der Waals surface area (Å²) >= 11 is 0. The maximum Gasteiger partial charge on any atom is 0.267 e. The van der Waals surface area contributed by atoms with E-state index in [-0.39, 0.29) is 5.91 Å². The molecule has 1 aliphatic carbocycles. The van der Waals surface area contributed by atoms with Gasteiger partial charge in [0.1, 0.15) is 6.61 Å². The number of hydrogen-bond donors (Lipinski definition) is 0. The number of carbonyl (C=O) groups is 1. The Morgan fingerprint density at radius 3 is 2.63 bits per heavy atom. The van der Waals surface area contributed by atoms with Crippen LogP contribution in [0.4, 0.5) is 0 Å². The normalized spacial score (nSPS) is 22.3. The van der Waals surface area contributed by atoms with Crippen molar-refractivity contribution in [3.8, 4) is 11.5 Å². The van der Waals surface area contributed by atoms with Gasteiger partial charge in [-0.2, -0.15) is 0 Å². The van der Waals surface area contributed by atoms with Crippen molar-refractivity contribution in [3.05, 3.63) is 24.3 Å². The van der Waals surface area contributed by atoms with Gasteiger partial charge in [0.2, 0.25) is 6.10 Å². The van der Waals surface area contributed by atoms with Crippen LogP contribution in [-0.4, -0.2) is 36.6 Å². The fourth-order valence-corrected chi connectivity index (χ4v) is 2.84. The van der Waals surface area contributed by atoms with Gasteiger partial charge >= 0.3 is 0 Å². The number of benzene rings is 1. The molecule has 1 aliphatic heterocycles. The summed E-state index contributed by atoms with van der Waals surface area (Å²) in [5, 5.41) is 0. The number of likely N-dealkylation sites (N-methyl/N-ethyl adjacent to an activating group) is 1. The van der Waals surface area contributed by atoms with Crippen molar-refractivity contribution in [2.45, 2.75) is 37.8 Å². The number of fused-ring (bicyclic) bond motifs is 1. The van der Waals surface area contributed by atoms with Gasteiger partial charge in [-0.1, -0.05) is 25.0 Å². The van der Waals surface area contributed by atoms with E-state index in [4.69, 9.17) is 9.47 Å². The minimum atomic E-state index is -0.513. The number of ether oxygens (including phenoxy) is 2. The van der Waals surface area contributed by atoms with Crippen LogP contribution in [-0.2, 0) is 4.79 Å². The molecule has 1 aromatic rings. The predicted octanol–water partition coefficient (Wildman–Crippen LogP) is 2.23. The van der Waals surface area contributed by atoms with Crippen molar-refractivity contribution in [3.63, 3.8) is 0 Å². The minimum Gasteiger partial charge on any atom is -0.485 e. The van der Waals surface area contributed by atoms with Gasteiger partial charge in [0, 0.05) is 13.1 Å². The molecule has 1 atom stereocenters. The van der Waals surface area contributed by atoms with E-state index in [1.54, 1.807) is 0 Å². The van der Waals surface area contributed by atoms with E-state index in [9.17, 15) is 4.79 Å². The van der Waals surface area contributed by atoms with E-state index >= 15 is 0 Å². The zero-order valence-electron chi connectivity index (χ0n) is 11.2. The number of rotatable bonds is 2. The van der Waals surface area contributed by atoms with Crippen molar-refractivity contribution < 1.29 is 14.3 Å². The van der Waals surface area contributed by atoms with Crippen LogP contribution in [0.15, 0.2) is 24.3 Å². The highest BCUT2D eigenvalue weighted by atomic mass is 16.6. The molecule has 4 nitrogen and oxygen atoms in total. The standard InChI is InChI=1S/C15H19NO3/c1-16(11-6-2-3-7-11)15(17)14-10-18-12-8-4-5-9-13(12)19-14/h4-5,8-9,11,14H,2-3,6-7,10H2,1H3. The molecule has 1 unspecified atom stereocenters. The maximum absolute atomic E-state index is 12.4. The SMILES string of the molecule is CN(C(=O)C1COc2ccccc2O1)C1CCCC1. The highest BCUT2D eigenvalue weighted by Crippen LogP contribution is 2.32. The molecule has 3 rings (SSSR count). The zero-order valence-corrected chi connectivity index (χ0v) is 11.2. The zero-order chi connectivity index (χ0) is 13.2. The van der Waals surface area contributed by atoms with Crippen LogP contribution in [0.1, 0.15) is 25.7 Å². The summed E-state index contributed by atoms with van der Waals surface area (Å²) in [6.45, 7) is 0.299. The number of carbonyl (C=O) groups excluding carboxylic acids is 1. The third-order valence-electron chi connectivity index (χ3n) is 4.00. The van der Waals surface area contributed by atoms with Gasteiger partial charge in [-0.25, -0.2) is 0 Å². The number of para-hydroxylation sites is 2. The highest BCUT2D eigenvalue weighted by Gasteiger charge is 2.33. The van der Waals surface area contributed by atoms with Crippen LogP contribution in [0.3, 0.4) is 0 Å². The number of amides is 1. The Hall–Kier alpha value is -1.71. The molecule has 102 valence electrons. The van der Waals surface area contributed by atoms with Gasteiger partial charge in [-0.15, -0.1) is 0 Å². The second kappa shape index (κ2) is 5.11. The fourth-order valence-electron chi connectivity index (χ4n) is 2.84. The van der Waals surface area contributed by atoms with E-state index in [2.05, 4.69) is 0 Å². The van der Waals surface area contributed by atoms with E-state index in [0.29, 0.717) is 18.4 Å². The van der Waals surface area contributed by atoms with Gasteiger partial charge in [0.05, 0.1) is 0 Å². The Labute approximate surface area is 113 Å². The van der Waals surface area contributed by atoms with E-state index in [0.717, 1.165) is 18.6 Å². The molecule has 0 saturated heterocycles. The summed E-state index contributed by atoms with van der Waals surface area (Å²) in [6, 6.07) is 7.85. The van der Waals surface area contributed by atoms with Crippen molar-refractivity contribution in [1.82, 2.24) is 4.90 Å². The maximum atomic E-state index is 12.4. The molecule has 1 heterocycles. The Morgan fingerprint density at radius 2 is 1.89 bits per heavy atom. The molecule has 1 aromatic carbocycles. The van der Waals surface area contributed by atoms with Gasteiger partial charge in [-0.3, -0.25) is 4.79 Å². The number of nitrogens with zero attached hydrogens (tertiary/aromatic N) is 1. The molecule has 2 aliphatic rings. The van der Waals surface area contributed by atoms with Crippen molar-refractivity contribution in [2.75, 3.05) is 13.7 Å². The van der Waals surface area contributed by atoms with Crippen LogP contribution < -0.4 is 9.47 Å². The smallest absolute Gasteiger partial charge is 0.267 e. The summed E-state index contributed by atoms with van der Waals surface area (Å²) in [6.07, 6.45) is 4.12. The molecule has 0 aromatic heterocycles. The second-order valence-corrected chi connectivity index (χ2v) is 5.25. The molecule has 1 saturated carbocycles. The first-order valence-corrected chi connectivity index (χ1v) is 6.91. The van der Waals surface area contributed by atoms with Crippen molar-refractivity contribution in [1.29, 1.82) is 0 Å². The Bertz CT molecular complexity index is 468. The summed E-state index contributed by atoms with van der Waals surface area (Å²) < 4.78 is 11.4. The summed E-state index contributed by atoms with van der Waals surface area (Å²) in [4.78, 5) is 14.3. The topological polar surface area (TPSA) is 38.8 Å². The Kier molecular flexibility index (Phi) is 3.32. The average molecular weight is 261 g/mol. The van der Waals surface area contributed by atoms with Crippen LogP contribution in [0.2, 0.25) is 0 Å². The average Bonchev–Trinajstić information content (AvgIpc) is 2.99. The second-order valence-electron chi connectivity index (χ2n) is 5.25. The lowest BCUT2D eigenvalue weighted by Crippen LogP contribution is -2.47. The lowest BCUT2D eigenvalue weighted by Gasteiger charge is -2.31. The largest absolute Gasteiger partial charge is 0.485 e. The quantitative estimate of drug-likeness (QED) is 0.819. The molecule has 0 spiro atoms. The molecule has 19 heavy (non-hydrogen) atoms. The van der Waals surface area contributed by atoms with Gasteiger partial charge in [-0.05, 0) is 25.0 Å². The van der Waals surface area contributed by atoms with E-state index < -0.39 is 6.10 Å². The highest BCUT2D eigenvalue weighted by molar-refractivity contribution is 5.82. The lowest BCUT2D eigenvalue weighted by molar-refractivity contribution is -0.141. The molecule has 4 heteroatoms. The minimum absolute atomic E-state index is 0.0291. The Balaban J connectivity index is 1.68. The van der Waals surface area contributed by atoms with Crippen LogP contribution in [0.25, 0.3) is 0 Å². The third kappa shape index (κ3) is 2.39. The fraction of sp³-hybridized carbons (Fsp3) is 0.533. The molecule has 0 bridgehead atoms. The molecule has 1 fully saturated rings. The van der Waals surface area contributed by atoms with E-state index in [1.165, 1.54) is 12.8 Å². The van der Waals surface area contributed by atoms with Gasteiger partial charge in [0.15, 0.2) is 11.5 Å². The van der Waals surface area contributed by atoms with Gasteiger partial charge in [0.25, 0.3) is 5.91 Å². The first-order chi connectivity index (χ1) is 9.25. The predicted molar refractivity (Wildman–Crippen MR) is 71.4 cm³/mol.